The van der Waals surface area contributed by atoms with Crippen molar-refractivity contribution in [1.82, 2.24) is 0 Å². The molecule has 0 aliphatic rings. The number of phenolic OH excluding ortho intramolecular Hbond substituents is 1. The molecule has 0 bridgehead atoms. The first-order valence-corrected chi connectivity index (χ1v) is 8.08. The lowest BCUT2D eigenvalue weighted by Gasteiger charge is -2.22. The zero-order valence-corrected chi connectivity index (χ0v) is 15.9. The van der Waals surface area contributed by atoms with Crippen LogP contribution in [0.25, 0.3) is 0 Å². The Bertz CT molecular complexity index is 432. The number of aliphatic hydroxyl groups excluding tert-OH is 1. The van der Waals surface area contributed by atoms with Crippen molar-refractivity contribution in [2.45, 2.75) is 38.3 Å². The van der Waals surface area contributed by atoms with E-state index in [-0.39, 0.29) is 18.2 Å². The summed E-state index contributed by atoms with van der Waals surface area (Å²) < 4.78 is 1.83. The molecule has 1 aromatic rings. The quantitative estimate of drug-likeness (QED) is 0.573. The van der Waals surface area contributed by atoms with E-state index in [4.69, 9.17) is 5.73 Å². The number of aromatic hydroxyl groups is 1. The van der Waals surface area contributed by atoms with E-state index in [0.717, 1.165) is 17.3 Å². The lowest BCUT2D eigenvalue weighted by molar-refractivity contribution is 0.132. The van der Waals surface area contributed by atoms with Crippen LogP contribution in [0.15, 0.2) is 19.5 Å². The van der Waals surface area contributed by atoms with Crippen LogP contribution in [0.3, 0.4) is 0 Å². The van der Waals surface area contributed by atoms with Crippen molar-refractivity contribution in [3.63, 3.8) is 0 Å². The number of halogens is 4. The minimum atomic E-state index is -0.627. The van der Waals surface area contributed by atoms with E-state index < -0.39 is 12.1 Å². The number of aliphatic hydroxyl groups is 1. The van der Waals surface area contributed by atoms with E-state index in [1.54, 1.807) is 6.07 Å². The molecule has 0 heterocycles. The summed E-state index contributed by atoms with van der Waals surface area (Å²) in [4.78, 5) is 0. The van der Waals surface area contributed by atoms with Gasteiger partial charge in [-0.25, -0.2) is 0 Å². The number of phenols is 1. The smallest absolute Gasteiger partial charge is 0.144 e. The fourth-order valence-corrected chi connectivity index (χ4v) is 4.33. The summed E-state index contributed by atoms with van der Waals surface area (Å²) in [6.45, 7) is 2.07. The SMILES string of the molecule is CCCC[C@@H](O)[C@@H](N)c1c(Br)cc(Br)c(O)c1Br.Cl. The third-order valence-corrected chi connectivity index (χ3v) is 4.85. The highest BCUT2D eigenvalue weighted by Crippen LogP contribution is 2.42. The molecular weight excluding hydrogens is 465 g/mol. The molecule has 0 saturated heterocycles. The molecule has 19 heavy (non-hydrogen) atoms. The summed E-state index contributed by atoms with van der Waals surface area (Å²) in [6.07, 6.45) is 1.95. The summed E-state index contributed by atoms with van der Waals surface area (Å²) in [7, 11) is 0. The second-order valence-corrected chi connectivity index (χ2v) is 6.65. The zero-order valence-electron chi connectivity index (χ0n) is 10.4. The number of rotatable bonds is 5. The van der Waals surface area contributed by atoms with Gasteiger partial charge in [-0.05, 0) is 44.3 Å². The number of benzene rings is 1. The lowest BCUT2D eigenvalue weighted by Crippen LogP contribution is -2.26. The molecule has 0 unspecified atom stereocenters. The van der Waals surface area contributed by atoms with E-state index in [2.05, 4.69) is 54.7 Å². The molecule has 0 fully saturated rings. The van der Waals surface area contributed by atoms with Crippen molar-refractivity contribution in [2.75, 3.05) is 0 Å². The van der Waals surface area contributed by atoms with Gasteiger partial charge in [0.05, 0.1) is 21.1 Å². The molecular formula is C12H17Br3ClNO2. The number of hydrogen-bond donors (Lipinski definition) is 3. The standard InChI is InChI=1S/C12H16Br3NO2.ClH/c1-2-3-4-8(17)11(16)9-6(13)5-7(14)12(18)10(9)15;/h5,8,11,17-18H,2-4,16H2,1H3;1H/t8-,11-;/m1./s1. The molecule has 0 radical (unpaired) electrons. The van der Waals surface area contributed by atoms with Crippen molar-refractivity contribution in [1.29, 1.82) is 0 Å². The second-order valence-electron chi connectivity index (χ2n) is 4.15. The Labute approximate surface area is 144 Å². The van der Waals surface area contributed by atoms with Crippen LogP contribution in [0, 0.1) is 0 Å². The molecule has 0 aromatic heterocycles. The van der Waals surface area contributed by atoms with Gasteiger partial charge in [-0.3, -0.25) is 0 Å². The van der Waals surface area contributed by atoms with E-state index >= 15 is 0 Å². The molecule has 0 aliphatic carbocycles. The average Bonchev–Trinajstić information content (AvgIpc) is 2.33. The van der Waals surface area contributed by atoms with Gasteiger partial charge in [0.15, 0.2) is 0 Å². The summed E-state index contributed by atoms with van der Waals surface area (Å²) in [5.74, 6) is 0.0892. The Morgan fingerprint density at radius 3 is 2.37 bits per heavy atom. The molecule has 0 saturated carbocycles. The molecule has 2 atom stereocenters. The largest absolute Gasteiger partial charge is 0.506 e. The van der Waals surface area contributed by atoms with Crippen LogP contribution in [0.5, 0.6) is 5.75 Å². The molecule has 0 amide bonds. The molecule has 0 aliphatic heterocycles. The highest BCUT2D eigenvalue weighted by Gasteiger charge is 2.24. The third-order valence-electron chi connectivity index (χ3n) is 2.78. The van der Waals surface area contributed by atoms with Gasteiger partial charge in [-0.1, -0.05) is 35.7 Å². The molecule has 3 nitrogen and oxygen atoms in total. The summed E-state index contributed by atoms with van der Waals surface area (Å²) in [6, 6.07) is 1.18. The van der Waals surface area contributed by atoms with Crippen molar-refractivity contribution in [2.24, 2.45) is 5.73 Å². The molecule has 7 heteroatoms. The van der Waals surface area contributed by atoms with Gasteiger partial charge in [0.2, 0.25) is 0 Å². The fraction of sp³-hybridized carbons (Fsp3) is 0.500. The Morgan fingerprint density at radius 2 is 1.84 bits per heavy atom. The van der Waals surface area contributed by atoms with Crippen LogP contribution >= 0.6 is 60.2 Å². The Hall–Kier alpha value is 0.670. The van der Waals surface area contributed by atoms with E-state index in [1.807, 2.05) is 0 Å². The highest BCUT2D eigenvalue weighted by atomic mass is 79.9. The molecule has 4 N–H and O–H groups in total. The molecule has 1 aromatic carbocycles. The van der Waals surface area contributed by atoms with Crippen LogP contribution in [0.2, 0.25) is 0 Å². The topological polar surface area (TPSA) is 66.5 Å². The van der Waals surface area contributed by atoms with Gasteiger partial charge in [0.1, 0.15) is 5.75 Å². The minimum absolute atomic E-state index is 0. The van der Waals surface area contributed by atoms with E-state index in [9.17, 15) is 10.2 Å². The van der Waals surface area contributed by atoms with Gasteiger partial charge >= 0.3 is 0 Å². The van der Waals surface area contributed by atoms with Crippen LogP contribution < -0.4 is 5.73 Å². The van der Waals surface area contributed by atoms with Gasteiger partial charge < -0.3 is 15.9 Å². The van der Waals surface area contributed by atoms with Crippen molar-refractivity contribution >= 4 is 60.2 Å². The fourth-order valence-electron chi connectivity index (χ4n) is 1.69. The highest BCUT2D eigenvalue weighted by molar-refractivity contribution is 9.11. The van der Waals surface area contributed by atoms with E-state index in [1.165, 1.54) is 0 Å². The third kappa shape index (κ3) is 4.86. The monoisotopic (exact) mass is 479 g/mol. The Balaban J connectivity index is 0.00000324. The predicted octanol–water partition coefficient (Wildman–Crippen LogP) is 4.65. The van der Waals surface area contributed by atoms with Crippen LogP contribution in [0.1, 0.15) is 37.8 Å². The number of nitrogens with two attached hydrogens (primary N) is 1. The molecule has 0 spiro atoms. The van der Waals surface area contributed by atoms with Crippen LogP contribution in [-0.4, -0.2) is 16.3 Å². The van der Waals surface area contributed by atoms with Gasteiger partial charge in [0.25, 0.3) is 0 Å². The van der Waals surface area contributed by atoms with Crippen LogP contribution in [-0.2, 0) is 0 Å². The number of unbranched alkanes of at least 4 members (excludes halogenated alkanes) is 1. The van der Waals surface area contributed by atoms with Gasteiger partial charge in [0, 0.05) is 10.0 Å². The number of hydrogen-bond acceptors (Lipinski definition) is 3. The van der Waals surface area contributed by atoms with Crippen molar-refractivity contribution in [3.8, 4) is 5.75 Å². The first kappa shape index (κ1) is 19.7. The summed E-state index contributed by atoms with van der Waals surface area (Å²) in [5.41, 5.74) is 6.74. The average molecular weight is 482 g/mol. The first-order valence-electron chi connectivity index (χ1n) is 5.70. The minimum Gasteiger partial charge on any atom is -0.506 e. The maximum atomic E-state index is 10.1. The van der Waals surface area contributed by atoms with E-state index in [0.29, 0.717) is 20.9 Å². The maximum absolute atomic E-state index is 10.1. The first-order chi connectivity index (χ1) is 8.40. The maximum Gasteiger partial charge on any atom is 0.144 e. The Kier molecular flexibility index (Phi) is 9.16. The zero-order chi connectivity index (χ0) is 13.9. The normalized spacial score (nSPS) is 13.8. The van der Waals surface area contributed by atoms with Gasteiger partial charge in [-0.15, -0.1) is 12.4 Å². The van der Waals surface area contributed by atoms with Crippen LogP contribution in [0.4, 0.5) is 0 Å². The summed E-state index contributed by atoms with van der Waals surface area (Å²) >= 11 is 9.97. The Morgan fingerprint density at radius 1 is 1.26 bits per heavy atom. The van der Waals surface area contributed by atoms with Crippen molar-refractivity contribution in [3.05, 3.63) is 25.0 Å². The summed E-state index contributed by atoms with van der Waals surface area (Å²) in [5, 5.41) is 19.9. The van der Waals surface area contributed by atoms with Crippen molar-refractivity contribution < 1.29 is 10.2 Å². The predicted molar refractivity (Wildman–Crippen MR) is 90.9 cm³/mol. The molecule has 110 valence electrons. The lowest BCUT2D eigenvalue weighted by atomic mass is 9.98. The second kappa shape index (κ2) is 8.85. The van der Waals surface area contributed by atoms with Gasteiger partial charge in [-0.2, -0.15) is 0 Å². The molecule has 1 rings (SSSR count).